The molecule has 0 rings (SSSR count). The number of rotatable bonds is 5. The first kappa shape index (κ1) is 9.89. The fourth-order valence-corrected chi connectivity index (χ4v) is 0.560. The summed E-state index contributed by atoms with van der Waals surface area (Å²) >= 11 is 0. The summed E-state index contributed by atoms with van der Waals surface area (Å²) in [6.07, 6.45) is 10.6. The summed E-state index contributed by atoms with van der Waals surface area (Å²) in [4.78, 5) is 10.6. The molecule has 0 aliphatic rings. The number of hydrogen-bond acceptors (Lipinski definition) is 1. The van der Waals surface area contributed by atoms with E-state index in [1.807, 2.05) is 12.2 Å². The summed E-state index contributed by atoms with van der Waals surface area (Å²) in [5, 5.41) is 0. The number of carbonyl (C=O) groups is 1. The van der Waals surface area contributed by atoms with Crippen LogP contribution in [0.2, 0.25) is 0 Å². The second-order valence-electron chi connectivity index (χ2n) is 2.18. The van der Waals surface area contributed by atoms with Crippen LogP contribution < -0.4 is 0 Å². The van der Waals surface area contributed by atoms with Gasteiger partial charge in [-0.3, -0.25) is 4.79 Å². The summed E-state index contributed by atoms with van der Waals surface area (Å²) in [6.45, 7) is 5.46. The fraction of sp³-hybridized carbons (Fsp3) is 0.300. The first-order valence-electron chi connectivity index (χ1n) is 3.81. The molecule has 0 unspecified atom stereocenters. The highest BCUT2D eigenvalue weighted by Gasteiger charge is 1.80. The molecule has 0 spiro atoms. The van der Waals surface area contributed by atoms with E-state index in [-0.39, 0.29) is 5.78 Å². The Morgan fingerprint density at radius 1 is 1.45 bits per heavy atom. The van der Waals surface area contributed by atoms with Gasteiger partial charge in [0.2, 0.25) is 0 Å². The van der Waals surface area contributed by atoms with Crippen molar-refractivity contribution >= 4 is 5.78 Å². The van der Waals surface area contributed by atoms with Gasteiger partial charge < -0.3 is 0 Å². The molecule has 0 amide bonds. The zero-order chi connectivity index (χ0) is 8.53. The van der Waals surface area contributed by atoms with Crippen molar-refractivity contribution in [1.29, 1.82) is 0 Å². The molecule has 0 radical (unpaired) electrons. The van der Waals surface area contributed by atoms with Gasteiger partial charge in [-0.05, 0) is 18.6 Å². The molecule has 0 saturated carbocycles. The van der Waals surface area contributed by atoms with Gasteiger partial charge in [0, 0.05) is 0 Å². The molecule has 0 bridgehead atoms. The van der Waals surface area contributed by atoms with Crippen molar-refractivity contribution in [3.8, 4) is 0 Å². The van der Waals surface area contributed by atoms with Gasteiger partial charge in [-0.15, -0.1) is 0 Å². The van der Waals surface area contributed by atoms with Gasteiger partial charge >= 0.3 is 0 Å². The van der Waals surface area contributed by atoms with Crippen LogP contribution in [0.15, 0.2) is 37.0 Å². The predicted octanol–water partition coefficient (Wildman–Crippen LogP) is 2.65. The van der Waals surface area contributed by atoms with Crippen molar-refractivity contribution in [3.63, 3.8) is 0 Å². The van der Waals surface area contributed by atoms with Crippen LogP contribution in [0.4, 0.5) is 0 Å². The molecule has 0 aliphatic heterocycles. The van der Waals surface area contributed by atoms with Crippen LogP contribution in [0.1, 0.15) is 19.8 Å². The Hall–Kier alpha value is -1.11. The molecule has 0 saturated heterocycles. The minimum atomic E-state index is -0.0499. The lowest BCUT2D eigenvalue weighted by Gasteiger charge is -1.80. The van der Waals surface area contributed by atoms with Crippen molar-refractivity contribution in [3.05, 3.63) is 37.0 Å². The molecule has 0 atom stereocenters. The zero-order valence-electron chi connectivity index (χ0n) is 6.92. The highest BCUT2D eigenvalue weighted by atomic mass is 16.1. The molecule has 60 valence electrons. The van der Waals surface area contributed by atoms with Crippen LogP contribution in [0.25, 0.3) is 0 Å². The van der Waals surface area contributed by atoms with Crippen LogP contribution >= 0.6 is 0 Å². The maximum absolute atomic E-state index is 10.6. The standard InChI is InChI=1S/C10H14O/c1-3-5-6-7-8-9-10(11)4-2/h4,6-9H,2-3,5H2,1H3/b7-6+,9-8+. The fourth-order valence-electron chi connectivity index (χ4n) is 0.560. The lowest BCUT2D eigenvalue weighted by Crippen LogP contribution is -1.80. The smallest absolute Gasteiger partial charge is 0.178 e. The molecule has 0 N–H and O–H groups in total. The molecule has 1 nitrogen and oxygen atoms in total. The van der Waals surface area contributed by atoms with E-state index in [1.54, 1.807) is 6.08 Å². The largest absolute Gasteiger partial charge is 0.290 e. The number of allylic oxidation sites excluding steroid dienone is 5. The Kier molecular flexibility index (Phi) is 6.30. The third-order valence-corrected chi connectivity index (χ3v) is 1.16. The number of hydrogen-bond donors (Lipinski definition) is 0. The highest BCUT2D eigenvalue weighted by Crippen LogP contribution is 1.88. The molecule has 0 aromatic heterocycles. The topological polar surface area (TPSA) is 17.1 Å². The van der Waals surface area contributed by atoms with E-state index in [4.69, 9.17) is 0 Å². The van der Waals surface area contributed by atoms with Gasteiger partial charge in [0.25, 0.3) is 0 Å². The molecule has 11 heavy (non-hydrogen) atoms. The highest BCUT2D eigenvalue weighted by molar-refractivity contribution is 5.98. The van der Waals surface area contributed by atoms with Crippen LogP contribution in [0.3, 0.4) is 0 Å². The van der Waals surface area contributed by atoms with Crippen LogP contribution in [0.5, 0.6) is 0 Å². The van der Waals surface area contributed by atoms with E-state index in [9.17, 15) is 4.79 Å². The Bertz CT molecular complexity index is 175. The minimum absolute atomic E-state index is 0.0499. The molecular weight excluding hydrogens is 136 g/mol. The van der Waals surface area contributed by atoms with E-state index in [2.05, 4.69) is 13.5 Å². The van der Waals surface area contributed by atoms with Gasteiger partial charge in [0.05, 0.1) is 0 Å². The van der Waals surface area contributed by atoms with Crippen molar-refractivity contribution in [2.75, 3.05) is 0 Å². The van der Waals surface area contributed by atoms with E-state index in [0.717, 1.165) is 12.8 Å². The minimum Gasteiger partial charge on any atom is -0.290 e. The normalized spacial score (nSPS) is 11.0. The summed E-state index contributed by atoms with van der Waals surface area (Å²) in [7, 11) is 0. The Balaban J connectivity index is 3.58. The Morgan fingerprint density at radius 2 is 2.18 bits per heavy atom. The van der Waals surface area contributed by atoms with Crippen molar-refractivity contribution in [2.45, 2.75) is 19.8 Å². The van der Waals surface area contributed by atoms with Crippen molar-refractivity contribution < 1.29 is 4.79 Å². The van der Waals surface area contributed by atoms with Crippen molar-refractivity contribution in [2.24, 2.45) is 0 Å². The SMILES string of the molecule is C=CC(=O)/C=C/C=C/CCC. The third kappa shape index (κ3) is 6.78. The van der Waals surface area contributed by atoms with Gasteiger partial charge in [0.1, 0.15) is 0 Å². The summed E-state index contributed by atoms with van der Waals surface area (Å²) in [5.41, 5.74) is 0. The van der Waals surface area contributed by atoms with Gasteiger partial charge in [-0.1, -0.05) is 38.2 Å². The molecule has 0 aromatic rings. The average Bonchev–Trinajstić information content (AvgIpc) is 2.04. The quantitative estimate of drug-likeness (QED) is 0.435. The molecule has 0 aromatic carbocycles. The summed E-state index contributed by atoms with van der Waals surface area (Å²) in [6, 6.07) is 0. The summed E-state index contributed by atoms with van der Waals surface area (Å²) < 4.78 is 0. The first-order valence-corrected chi connectivity index (χ1v) is 3.81. The molecule has 0 heterocycles. The summed E-state index contributed by atoms with van der Waals surface area (Å²) in [5.74, 6) is -0.0499. The number of ketones is 1. The second-order valence-corrected chi connectivity index (χ2v) is 2.18. The molecular formula is C10H14O. The lowest BCUT2D eigenvalue weighted by molar-refractivity contribution is -0.110. The maximum Gasteiger partial charge on any atom is 0.178 e. The molecule has 0 fully saturated rings. The molecule has 0 aliphatic carbocycles. The van der Waals surface area contributed by atoms with E-state index in [1.165, 1.54) is 12.2 Å². The van der Waals surface area contributed by atoms with Gasteiger partial charge in [-0.25, -0.2) is 0 Å². The first-order chi connectivity index (χ1) is 5.31. The average molecular weight is 150 g/mol. The van der Waals surface area contributed by atoms with E-state index >= 15 is 0 Å². The van der Waals surface area contributed by atoms with E-state index in [0.29, 0.717) is 0 Å². The molecule has 1 heteroatoms. The number of unbranched alkanes of at least 4 members (excludes halogenated alkanes) is 1. The van der Waals surface area contributed by atoms with Gasteiger partial charge in [0.15, 0.2) is 5.78 Å². The Morgan fingerprint density at radius 3 is 2.73 bits per heavy atom. The maximum atomic E-state index is 10.6. The predicted molar refractivity (Wildman–Crippen MR) is 48.4 cm³/mol. The van der Waals surface area contributed by atoms with E-state index < -0.39 is 0 Å². The lowest BCUT2D eigenvalue weighted by atomic mass is 10.3. The monoisotopic (exact) mass is 150 g/mol. The van der Waals surface area contributed by atoms with Crippen molar-refractivity contribution in [1.82, 2.24) is 0 Å². The third-order valence-electron chi connectivity index (χ3n) is 1.16. The van der Waals surface area contributed by atoms with Crippen LogP contribution in [-0.2, 0) is 4.79 Å². The van der Waals surface area contributed by atoms with Crippen LogP contribution in [-0.4, -0.2) is 5.78 Å². The van der Waals surface area contributed by atoms with Crippen LogP contribution in [0, 0.1) is 0 Å². The zero-order valence-corrected chi connectivity index (χ0v) is 6.92. The Labute approximate surface area is 68.1 Å². The van der Waals surface area contributed by atoms with Gasteiger partial charge in [-0.2, -0.15) is 0 Å². The second kappa shape index (κ2) is 7.00. The number of carbonyl (C=O) groups excluding carboxylic acids is 1.